The molecule has 0 radical (unpaired) electrons. The van der Waals surface area contributed by atoms with Gasteiger partial charge in [-0.15, -0.1) is 10.2 Å². The van der Waals surface area contributed by atoms with E-state index in [1.807, 2.05) is 6.92 Å². The second-order valence-electron chi connectivity index (χ2n) is 2.91. The second kappa shape index (κ2) is 5.08. The monoisotopic (exact) mass is 274 g/mol. The molecular formula is C10H8Cl2N2OS. The van der Waals surface area contributed by atoms with Gasteiger partial charge in [0.25, 0.3) is 5.22 Å². The van der Waals surface area contributed by atoms with E-state index in [0.29, 0.717) is 26.7 Å². The van der Waals surface area contributed by atoms with Crippen molar-refractivity contribution >= 4 is 35.0 Å². The van der Waals surface area contributed by atoms with Crippen molar-refractivity contribution in [3.63, 3.8) is 0 Å². The fraction of sp³-hybridized carbons (Fsp3) is 0.200. The van der Waals surface area contributed by atoms with Gasteiger partial charge < -0.3 is 4.42 Å². The van der Waals surface area contributed by atoms with Gasteiger partial charge in [0.2, 0.25) is 5.89 Å². The Bertz CT molecular complexity index is 501. The van der Waals surface area contributed by atoms with Crippen LogP contribution in [0.3, 0.4) is 0 Å². The number of hydrogen-bond acceptors (Lipinski definition) is 4. The fourth-order valence-corrected chi connectivity index (χ4v) is 2.03. The molecule has 84 valence electrons. The van der Waals surface area contributed by atoms with Crippen molar-refractivity contribution < 1.29 is 4.42 Å². The summed E-state index contributed by atoms with van der Waals surface area (Å²) in [6.07, 6.45) is 0. The maximum atomic E-state index is 6.05. The Kier molecular flexibility index (Phi) is 3.74. The molecule has 0 fully saturated rings. The van der Waals surface area contributed by atoms with Crippen LogP contribution in [-0.4, -0.2) is 16.0 Å². The van der Waals surface area contributed by atoms with Crippen LogP contribution in [0.5, 0.6) is 0 Å². The van der Waals surface area contributed by atoms with E-state index in [1.54, 1.807) is 18.2 Å². The highest BCUT2D eigenvalue weighted by molar-refractivity contribution is 7.99. The predicted molar refractivity (Wildman–Crippen MR) is 66.2 cm³/mol. The van der Waals surface area contributed by atoms with Gasteiger partial charge >= 0.3 is 0 Å². The quantitative estimate of drug-likeness (QED) is 0.788. The minimum Gasteiger partial charge on any atom is -0.411 e. The van der Waals surface area contributed by atoms with Crippen LogP contribution >= 0.6 is 35.0 Å². The zero-order valence-corrected chi connectivity index (χ0v) is 10.7. The van der Waals surface area contributed by atoms with E-state index < -0.39 is 0 Å². The molecular weight excluding hydrogens is 267 g/mol. The van der Waals surface area contributed by atoms with Crippen molar-refractivity contribution in [3.8, 4) is 11.5 Å². The van der Waals surface area contributed by atoms with Gasteiger partial charge in [0, 0.05) is 0 Å². The number of halogens is 2. The van der Waals surface area contributed by atoms with Gasteiger partial charge in [0.1, 0.15) is 0 Å². The van der Waals surface area contributed by atoms with E-state index in [0.717, 1.165) is 5.75 Å². The molecule has 0 saturated heterocycles. The Morgan fingerprint density at radius 1 is 1.31 bits per heavy atom. The summed E-state index contributed by atoms with van der Waals surface area (Å²) in [6, 6.07) is 5.30. The van der Waals surface area contributed by atoms with Gasteiger partial charge in [-0.25, -0.2) is 0 Å². The molecule has 6 heteroatoms. The Balaban J connectivity index is 2.39. The van der Waals surface area contributed by atoms with Crippen molar-refractivity contribution in [2.45, 2.75) is 12.1 Å². The van der Waals surface area contributed by atoms with Gasteiger partial charge in [0.05, 0.1) is 15.6 Å². The molecule has 0 aliphatic rings. The molecule has 0 bridgehead atoms. The van der Waals surface area contributed by atoms with E-state index >= 15 is 0 Å². The van der Waals surface area contributed by atoms with Gasteiger partial charge in [-0.1, -0.05) is 48.0 Å². The SMILES string of the molecule is CCSc1nnc(-c2cccc(Cl)c2Cl)o1. The van der Waals surface area contributed by atoms with Crippen LogP contribution in [0, 0.1) is 0 Å². The molecule has 2 aromatic rings. The minimum absolute atomic E-state index is 0.392. The molecule has 3 nitrogen and oxygen atoms in total. The normalized spacial score (nSPS) is 10.7. The Morgan fingerprint density at radius 3 is 2.88 bits per heavy atom. The summed E-state index contributed by atoms with van der Waals surface area (Å²) in [5.74, 6) is 1.27. The van der Waals surface area contributed by atoms with E-state index in [2.05, 4.69) is 10.2 Å². The molecule has 1 aromatic carbocycles. The molecule has 0 atom stereocenters. The van der Waals surface area contributed by atoms with Crippen molar-refractivity contribution in [2.24, 2.45) is 0 Å². The van der Waals surface area contributed by atoms with Crippen LogP contribution in [0.2, 0.25) is 10.0 Å². The minimum atomic E-state index is 0.392. The maximum absolute atomic E-state index is 6.05. The highest BCUT2D eigenvalue weighted by atomic mass is 35.5. The van der Waals surface area contributed by atoms with Gasteiger partial charge in [-0.2, -0.15) is 0 Å². The average molecular weight is 275 g/mol. The summed E-state index contributed by atoms with van der Waals surface area (Å²) in [5.41, 5.74) is 0.657. The zero-order valence-electron chi connectivity index (χ0n) is 8.41. The smallest absolute Gasteiger partial charge is 0.276 e. The molecule has 0 spiro atoms. The van der Waals surface area contributed by atoms with Gasteiger partial charge in [-0.05, 0) is 17.9 Å². The first-order chi connectivity index (χ1) is 7.72. The standard InChI is InChI=1S/C10H8Cl2N2OS/c1-2-16-10-14-13-9(15-10)6-4-3-5-7(11)8(6)12/h3-5H,2H2,1H3. The largest absolute Gasteiger partial charge is 0.411 e. The first kappa shape index (κ1) is 11.8. The third-order valence-corrected chi connectivity index (χ3v) is 3.38. The van der Waals surface area contributed by atoms with Crippen molar-refractivity contribution in [2.75, 3.05) is 5.75 Å². The Morgan fingerprint density at radius 2 is 2.12 bits per heavy atom. The van der Waals surface area contributed by atoms with Crippen LogP contribution in [0.15, 0.2) is 27.8 Å². The molecule has 0 amide bonds. The van der Waals surface area contributed by atoms with Crippen LogP contribution < -0.4 is 0 Å². The van der Waals surface area contributed by atoms with E-state index in [4.69, 9.17) is 27.6 Å². The summed E-state index contributed by atoms with van der Waals surface area (Å²) in [6.45, 7) is 2.01. The predicted octanol–water partition coefficient (Wildman–Crippen LogP) is 4.16. The number of benzene rings is 1. The lowest BCUT2D eigenvalue weighted by molar-refractivity contribution is 0.466. The van der Waals surface area contributed by atoms with E-state index in [1.165, 1.54) is 11.8 Å². The molecule has 0 unspecified atom stereocenters. The van der Waals surface area contributed by atoms with E-state index in [9.17, 15) is 0 Å². The summed E-state index contributed by atoms with van der Waals surface area (Å²) in [5, 5.41) is 9.27. The van der Waals surface area contributed by atoms with Crippen LogP contribution in [0.25, 0.3) is 11.5 Å². The molecule has 0 aliphatic heterocycles. The fourth-order valence-electron chi connectivity index (χ4n) is 1.17. The zero-order chi connectivity index (χ0) is 11.5. The highest BCUT2D eigenvalue weighted by Gasteiger charge is 2.13. The summed E-state index contributed by atoms with van der Waals surface area (Å²) >= 11 is 13.4. The molecule has 16 heavy (non-hydrogen) atoms. The number of hydrogen-bond donors (Lipinski definition) is 0. The van der Waals surface area contributed by atoms with Crippen LogP contribution in [0.1, 0.15) is 6.92 Å². The van der Waals surface area contributed by atoms with Crippen molar-refractivity contribution in [1.29, 1.82) is 0 Å². The molecule has 0 N–H and O–H groups in total. The average Bonchev–Trinajstić information content (AvgIpc) is 2.71. The molecule has 0 aliphatic carbocycles. The second-order valence-corrected chi connectivity index (χ2v) is 4.91. The topological polar surface area (TPSA) is 38.9 Å². The third-order valence-electron chi connectivity index (χ3n) is 1.86. The Labute approximate surface area is 107 Å². The number of nitrogens with zero attached hydrogens (tertiary/aromatic N) is 2. The van der Waals surface area contributed by atoms with Crippen LogP contribution in [-0.2, 0) is 0 Å². The van der Waals surface area contributed by atoms with Gasteiger partial charge in [0.15, 0.2) is 0 Å². The summed E-state index contributed by atoms with van der Waals surface area (Å²) in [4.78, 5) is 0. The first-order valence-electron chi connectivity index (χ1n) is 4.63. The lowest BCUT2D eigenvalue weighted by Crippen LogP contribution is -1.80. The molecule has 0 saturated carbocycles. The highest BCUT2D eigenvalue weighted by Crippen LogP contribution is 2.33. The van der Waals surface area contributed by atoms with Crippen molar-refractivity contribution in [3.05, 3.63) is 28.2 Å². The molecule has 1 aromatic heterocycles. The first-order valence-corrected chi connectivity index (χ1v) is 6.37. The Hall–Kier alpha value is -0.710. The van der Waals surface area contributed by atoms with E-state index in [-0.39, 0.29) is 0 Å². The van der Waals surface area contributed by atoms with Crippen LogP contribution in [0.4, 0.5) is 0 Å². The molecule has 2 rings (SSSR count). The lowest BCUT2D eigenvalue weighted by Gasteiger charge is -1.99. The molecule has 1 heterocycles. The summed E-state index contributed by atoms with van der Waals surface area (Å²) in [7, 11) is 0. The summed E-state index contributed by atoms with van der Waals surface area (Å²) < 4.78 is 5.44. The van der Waals surface area contributed by atoms with Crippen molar-refractivity contribution in [1.82, 2.24) is 10.2 Å². The number of thioether (sulfide) groups is 1. The van der Waals surface area contributed by atoms with Gasteiger partial charge in [-0.3, -0.25) is 0 Å². The number of rotatable bonds is 3. The maximum Gasteiger partial charge on any atom is 0.276 e. The number of aromatic nitrogens is 2. The third kappa shape index (κ3) is 2.34. The lowest BCUT2D eigenvalue weighted by atomic mass is 10.2.